The van der Waals surface area contributed by atoms with Crippen LogP contribution < -0.4 is 9.81 Å². The zero-order valence-corrected chi connectivity index (χ0v) is 15.3. The van der Waals surface area contributed by atoms with Gasteiger partial charge in [-0.1, -0.05) is 0 Å². The van der Waals surface area contributed by atoms with E-state index in [-0.39, 0.29) is 0 Å². The van der Waals surface area contributed by atoms with Crippen LogP contribution in [0.25, 0.3) is 0 Å². The average Bonchev–Trinajstić information content (AvgIpc) is 3.04. The second-order valence-electron chi connectivity index (χ2n) is 4.02. The van der Waals surface area contributed by atoms with Gasteiger partial charge in [-0.15, -0.1) is 0 Å². The molecule has 1 aromatic carbocycles. The van der Waals surface area contributed by atoms with E-state index in [0.29, 0.717) is 0 Å². The minimum atomic E-state index is -1.93. The first-order valence-corrected chi connectivity index (χ1v) is 13.5. The van der Waals surface area contributed by atoms with Gasteiger partial charge in [0.25, 0.3) is 0 Å². The van der Waals surface area contributed by atoms with Crippen molar-refractivity contribution in [1.82, 2.24) is 0 Å². The van der Waals surface area contributed by atoms with Gasteiger partial charge in [-0.2, -0.15) is 0 Å². The average molecular weight is 482 g/mol. The summed E-state index contributed by atoms with van der Waals surface area (Å²) >= 11 is 3.76. The molecule has 3 heterocycles. The third kappa shape index (κ3) is 1.82. The standard InChI is InChI=1S/C8H4S3.C6H5.Bi/c1-3-9-5-7(1)11-8-2-4-10-6-8;1-2-4-6-5-3-1;/h3-6H;1-5H;. The Bertz CT molecular complexity index is 644. The minimum absolute atomic E-state index is 1.52. The van der Waals surface area contributed by atoms with Gasteiger partial charge in [-0.25, -0.2) is 0 Å². The van der Waals surface area contributed by atoms with Gasteiger partial charge < -0.3 is 0 Å². The quantitative estimate of drug-likeness (QED) is 0.376. The van der Waals surface area contributed by atoms with Gasteiger partial charge in [0.05, 0.1) is 0 Å². The third-order valence-corrected chi connectivity index (χ3v) is 18.3. The molecule has 0 spiro atoms. The second-order valence-corrected chi connectivity index (χ2v) is 14.9. The molecule has 0 aliphatic carbocycles. The van der Waals surface area contributed by atoms with Gasteiger partial charge >= 0.3 is 128 Å². The van der Waals surface area contributed by atoms with E-state index in [2.05, 4.69) is 51.9 Å². The molecule has 0 atom stereocenters. The van der Waals surface area contributed by atoms with Crippen LogP contribution in [0.3, 0.4) is 0 Å². The van der Waals surface area contributed by atoms with Crippen molar-refractivity contribution in [3.8, 4) is 0 Å². The maximum absolute atomic E-state index is 2.40. The summed E-state index contributed by atoms with van der Waals surface area (Å²) in [5, 5.41) is 9.44. The van der Waals surface area contributed by atoms with Crippen LogP contribution in [0.5, 0.6) is 0 Å². The Balaban J connectivity index is 1.95. The van der Waals surface area contributed by atoms with Crippen LogP contribution >= 0.6 is 34.4 Å². The van der Waals surface area contributed by atoms with Crippen molar-refractivity contribution < 1.29 is 0 Å². The Morgan fingerprint density at radius 1 is 0.722 bits per heavy atom. The number of thiophene rings is 2. The summed E-state index contributed by atoms with van der Waals surface area (Å²) in [5.41, 5.74) is 0. The number of hydrogen-bond acceptors (Lipinski definition) is 3. The number of rotatable bonds is 1. The van der Waals surface area contributed by atoms with Gasteiger partial charge in [0.1, 0.15) is 0 Å². The summed E-state index contributed by atoms with van der Waals surface area (Å²) in [4.78, 5) is 3.04. The van der Waals surface area contributed by atoms with E-state index >= 15 is 0 Å². The van der Waals surface area contributed by atoms with Crippen molar-refractivity contribution in [2.45, 2.75) is 9.79 Å². The molecule has 1 aliphatic heterocycles. The zero-order valence-electron chi connectivity index (χ0n) is 9.37. The maximum atomic E-state index is 2.40. The SMILES string of the molecule is c1cc[c]([Bi]2[c]3cscc3Sc3csc[c]32)cc1. The van der Waals surface area contributed by atoms with Gasteiger partial charge in [0.2, 0.25) is 0 Å². The Labute approximate surface area is 126 Å². The molecule has 0 bridgehead atoms. The topological polar surface area (TPSA) is 0 Å². The summed E-state index contributed by atoms with van der Waals surface area (Å²) < 4.78 is 4.96. The first-order chi connectivity index (χ1) is 8.93. The van der Waals surface area contributed by atoms with Gasteiger partial charge in [0.15, 0.2) is 0 Å². The summed E-state index contributed by atoms with van der Waals surface area (Å²) in [6.07, 6.45) is 0. The van der Waals surface area contributed by atoms with E-state index < -0.39 is 21.8 Å². The van der Waals surface area contributed by atoms with Crippen LogP contribution in [0, 0.1) is 0 Å². The molecule has 0 radical (unpaired) electrons. The van der Waals surface area contributed by atoms with Crippen molar-refractivity contribution in [2.75, 3.05) is 0 Å². The summed E-state index contributed by atoms with van der Waals surface area (Å²) in [6.45, 7) is 0. The van der Waals surface area contributed by atoms with E-state index in [4.69, 9.17) is 0 Å². The Morgan fingerprint density at radius 3 is 1.94 bits per heavy atom. The molecule has 2 aromatic heterocycles. The normalized spacial score (nSPS) is 14.2. The molecular formula is C14H9BiS3. The Morgan fingerprint density at radius 2 is 1.33 bits per heavy atom. The molecule has 4 rings (SSSR count). The third-order valence-electron chi connectivity index (χ3n) is 2.93. The number of hydrogen-bond donors (Lipinski definition) is 0. The molecule has 4 heteroatoms. The Hall–Kier alpha value is -0.147. The zero-order chi connectivity index (χ0) is 11.9. The molecule has 0 N–H and O–H groups in total. The summed E-state index contributed by atoms with van der Waals surface area (Å²) in [5.74, 6) is 0. The fourth-order valence-corrected chi connectivity index (χ4v) is 19.4. The number of benzene rings is 1. The van der Waals surface area contributed by atoms with Gasteiger partial charge in [-0.05, 0) is 0 Å². The molecule has 0 saturated heterocycles. The Kier molecular flexibility index (Phi) is 3.08. The molecule has 1 aliphatic rings. The van der Waals surface area contributed by atoms with Crippen molar-refractivity contribution in [1.29, 1.82) is 0 Å². The predicted octanol–water partition coefficient (Wildman–Crippen LogP) is 2.79. The molecule has 18 heavy (non-hydrogen) atoms. The monoisotopic (exact) mass is 482 g/mol. The van der Waals surface area contributed by atoms with Crippen LogP contribution in [-0.2, 0) is 0 Å². The molecule has 0 saturated carbocycles. The van der Waals surface area contributed by atoms with Crippen molar-refractivity contribution >= 4 is 66.0 Å². The van der Waals surface area contributed by atoms with E-state index in [1.807, 2.05) is 34.4 Å². The molecule has 0 amide bonds. The fourth-order valence-electron chi connectivity index (χ4n) is 2.14. The van der Waals surface area contributed by atoms with E-state index in [9.17, 15) is 0 Å². The number of fused-ring (bicyclic) bond motifs is 2. The van der Waals surface area contributed by atoms with E-state index in [1.54, 1.807) is 9.81 Å². The van der Waals surface area contributed by atoms with Crippen molar-refractivity contribution in [2.24, 2.45) is 0 Å². The molecule has 0 fully saturated rings. The molecule has 88 valence electrons. The van der Waals surface area contributed by atoms with Gasteiger partial charge in [0, 0.05) is 0 Å². The van der Waals surface area contributed by atoms with Crippen LogP contribution in [-0.4, -0.2) is 21.8 Å². The van der Waals surface area contributed by atoms with E-state index in [0.717, 1.165) is 0 Å². The molecule has 3 aromatic rings. The van der Waals surface area contributed by atoms with Crippen LogP contribution in [0.4, 0.5) is 0 Å². The van der Waals surface area contributed by atoms with Crippen LogP contribution in [0.2, 0.25) is 0 Å². The first kappa shape index (κ1) is 11.7. The van der Waals surface area contributed by atoms with Crippen molar-refractivity contribution in [3.63, 3.8) is 0 Å². The molecule has 0 unspecified atom stereocenters. The molecule has 0 nitrogen and oxygen atoms in total. The van der Waals surface area contributed by atoms with Crippen LogP contribution in [0.1, 0.15) is 0 Å². The van der Waals surface area contributed by atoms with Gasteiger partial charge in [-0.3, -0.25) is 0 Å². The first-order valence-electron chi connectivity index (χ1n) is 5.59. The van der Waals surface area contributed by atoms with E-state index in [1.165, 1.54) is 9.79 Å². The summed E-state index contributed by atoms with van der Waals surface area (Å²) in [6, 6.07) is 11.2. The van der Waals surface area contributed by atoms with Crippen LogP contribution in [0.15, 0.2) is 61.6 Å². The van der Waals surface area contributed by atoms with Crippen molar-refractivity contribution in [3.05, 3.63) is 51.9 Å². The molecular weight excluding hydrogens is 473 g/mol. The summed E-state index contributed by atoms with van der Waals surface area (Å²) in [7, 11) is 0. The second kappa shape index (κ2) is 4.75. The fraction of sp³-hybridized carbons (Fsp3) is 0. The predicted molar refractivity (Wildman–Crippen MR) is 83.9 cm³/mol.